The van der Waals surface area contributed by atoms with Crippen LogP contribution in [0.1, 0.15) is 26.7 Å². The Balaban J connectivity index is 0.000000561. The average molecular weight is 172 g/mol. The summed E-state index contributed by atoms with van der Waals surface area (Å²) in [6, 6.07) is 0.406. The molecule has 0 saturated carbocycles. The molecule has 72 valence electrons. The SMILES string of the molecule is CC.CNC1CCN(C)C(=O)C1. The summed E-state index contributed by atoms with van der Waals surface area (Å²) in [6.45, 7) is 4.89. The second-order valence-corrected chi connectivity index (χ2v) is 2.79. The third-order valence-corrected chi connectivity index (χ3v) is 2.07. The molecule has 1 N–H and O–H groups in total. The first-order valence-electron chi connectivity index (χ1n) is 4.65. The van der Waals surface area contributed by atoms with Crippen molar-refractivity contribution < 1.29 is 4.79 Å². The Hall–Kier alpha value is -0.570. The van der Waals surface area contributed by atoms with Crippen LogP contribution in [0.5, 0.6) is 0 Å². The first-order valence-corrected chi connectivity index (χ1v) is 4.65. The van der Waals surface area contributed by atoms with E-state index < -0.39 is 0 Å². The van der Waals surface area contributed by atoms with Gasteiger partial charge in [0, 0.05) is 26.1 Å². The summed E-state index contributed by atoms with van der Waals surface area (Å²) in [4.78, 5) is 12.8. The molecule has 3 heteroatoms. The molecule has 0 bridgehead atoms. The van der Waals surface area contributed by atoms with Crippen molar-refractivity contribution in [2.45, 2.75) is 32.7 Å². The molecule has 12 heavy (non-hydrogen) atoms. The number of rotatable bonds is 1. The highest BCUT2D eigenvalue weighted by Crippen LogP contribution is 2.08. The number of carbonyl (C=O) groups excluding carboxylic acids is 1. The zero-order valence-electron chi connectivity index (χ0n) is 8.55. The second-order valence-electron chi connectivity index (χ2n) is 2.79. The highest BCUT2D eigenvalue weighted by Gasteiger charge is 2.21. The monoisotopic (exact) mass is 172 g/mol. The number of amides is 1. The molecule has 0 radical (unpaired) electrons. The van der Waals surface area contributed by atoms with Crippen molar-refractivity contribution in [2.24, 2.45) is 0 Å². The molecule has 3 nitrogen and oxygen atoms in total. The van der Waals surface area contributed by atoms with Gasteiger partial charge in [0.1, 0.15) is 0 Å². The summed E-state index contributed by atoms with van der Waals surface area (Å²) in [5, 5.41) is 3.11. The lowest BCUT2D eigenvalue weighted by Gasteiger charge is -2.28. The predicted octanol–water partition coefficient (Wildman–Crippen LogP) is 0.853. The van der Waals surface area contributed by atoms with Crippen molar-refractivity contribution in [3.8, 4) is 0 Å². The normalized spacial score (nSPS) is 23.2. The molecule has 0 aromatic rings. The van der Waals surface area contributed by atoms with Gasteiger partial charge in [-0.1, -0.05) is 13.8 Å². The fourth-order valence-electron chi connectivity index (χ4n) is 1.19. The molecule has 1 aliphatic rings. The van der Waals surface area contributed by atoms with E-state index in [9.17, 15) is 4.79 Å². The van der Waals surface area contributed by atoms with E-state index in [2.05, 4.69) is 5.32 Å². The highest BCUT2D eigenvalue weighted by molar-refractivity contribution is 5.77. The molecule has 1 saturated heterocycles. The Bertz CT molecular complexity index is 136. The van der Waals surface area contributed by atoms with Crippen LogP contribution in [0, 0.1) is 0 Å². The van der Waals surface area contributed by atoms with Gasteiger partial charge in [-0.3, -0.25) is 4.79 Å². The van der Waals surface area contributed by atoms with Crippen LogP contribution in [-0.4, -0.2) is 37.5 Å². The van der Waals surface area contributed by atoms with E-state index in [-0.39, 0.29) is 5.91 Å². The van der Waals surface area contributed by atoms with E-state index in [1.54, 1.807) is 4.90 Å². The van der Waals surface area contributed by atoms with E-state index in [1.807, 2.05) is 27.9 Å². The standard InChI is InChI=1S/C7H14N2O.C2H6/c1-8-6-3-4-9(2)7(10)5-6;1-2/h6,8H,3-5H2,1-2H3;1-2H3. The van der Waals surface area contributed by atoms with Gasteiger partial charge in [-0.05, 0) is 13.5 Å². The van der Waals surface area contributed by atoms with Crippen LogP contribution in [-0.2, 0) is 4.79 Å². The smallest absolute Gasteiger partial charge is 0.223 e. The molecule has 0 aromatic carbocycles. The Labute approximate surface area is 75.1 Å². The number of nitrogens with one attached hydrogen (secondary N) is 1. The van der Waals surface area contributed by atoms with Crippen LogP contribution in [0.15, 0.2) is 0 Å². The van der Waals surface area contributed by atoms with Crippen molar-refractivity contribution in [3.63, 3.8) is 0 Å². The summed E-state index contributed by atoms with van der Waals surface area (Å²) in [5.41, 5.74) is 0. The average Bonchev–Trinajstić information content (AvgIpc) is 2.13. The minimum atomic E-state index is 0.255. The van der Waals surface area contributed by atoms with Crippen molar-refractivity contribution in [1.82, 2.24) is 10.2 Å². The lowest BCUT2D eigenvalue weighted by molar-refractivity contribution is -0.132. The van der Waals surface area contributed by atoms with Crippen molar-refractivity contribution in [2.75, 3.05) is 20.6 Å². The zero-order valence-corrected chi connectivity index (χ0v) is 8.55. The number of carbonyl (C=O) groups is 1. The summed E-state index contributed by atoms with van der Waals surface area (Å²) >= 11 is 0. The minimum absolute atomic E-state index is 0.255. The summed E-state index contributed by atoms with van der Waals surface area (Å²) in [5.74, 6) is 0.255. The molecule has 1 heterocycles. The van der Waals surface area contributed by atoms with Crippen LogP contribution < -0.4 is 5.32 Å². The fourth-order valence-corrected chi connectivity index (χ4v) is 1.19. The molecule has 0 spiro atoms. The van der Waals surface area contributed by atoms with Crippen LogP contribution >= 0.6 is 0 Å². The zero-order chi connectivity index (χ0) is 9.56. The van der Waals surface area contributed by atoms with Crippen molar-refractivity contribution in [1.29, 1.82) is 0 Å². The third-order valence-electron chi connectivity index (χ3n) is 2.07. The lowest BCUT2D eigenvalue weighted by atomic mass is 10.1. The number of likely N-dealkylation sites (tertiary alicyclic amines) is 1. The maximum Gasteiger partial charge on any atom is 0.223 e. The summed E-state index contributed by atoms with van der Waals surface area (Å²) < 4.78 is 0. The lowest BCUT2D eigenvalue weighted by Crippen LogP contribution is -2.42. The molecule has 1 unspecified atom stereocenters. The molecular formula is C9H20N2O. The van der Waals surface area contributed by atoms with E-state index >= 15 is 0 Å². The highest BCUT2D eigenvalue weighted by atomic mass is 16.2. The number of piperidine rings is 1. The fraction of sp³-hybridized carbons (Fsp3) is 0.889. The Morgan fingerprint density at radius 1 is 1.50 bits per heavy atom. The van der Waals surface area contributed by atoms with Crippen LogP contribution in [0.2, 0.25) is 0 Å². The van der Waals surface area contributed by atoms with Gasteiger partial charge in [-0.15, -0.1) is 0 Å². The van der Waals surface area contributed by atoms with E-state index in [1.165, 1.54) is 0 Å². The maximum atomic E-state index is 11.0. The summed E-state index contributed by atoms with van der Waals surface area (Å²) in [6.07, 6.45) is 1.74. The molecule has 0 aliphatic carbocycles. The van der Waals surface area contributed by atoms with Gasteiger partial charge >= 0.3 is 0 Å². The van der Waals surface area contributed by atoms with Gasteiger partial charge < -0.3 is 10.2 Å². The summed E-state index contributed by atoms with van der Waals surface area (Å²) in [7, 11) is 3.76. The Morgan fingerprint density at radius 2 is 2.08 bits per heavy atom. The molecule has 1 rings (SSSR count). The Kier molecular flexibility index (Phi) is 5.72. The quantitative estimate of drug-likeness (QED) is 0.636. The van der Waals surface area contributed by atoms with Gasteiger partial charge in [0.15, 0.2) is 0 Å². The maximum absolute atomic E-state index is 11.0. The van der Waals surface area contributed by atoms with Crippen LogP contribution in [0.3, 0.4) is 0 Å². The van der Waals surface area contributed by atoms with Crippen LogP contribution in [0.4, 0.5) is 0 Å². The van der Waals surface area contributed by atoms with Gasteiger partial charge in [-0.25, -0.2) is 0 Å². The minimum Gasteiger partial charge on any atom is -0.346 e. The van der Waals surface area contributed by atoms with Gasteiger partial charge in [0.05, 0.1) is 0 Å². The number of nitrogens with zero attached hydrogens (tertiary/aromatic N) is 1. The topological polar surface area (TPSA) is 32.3 Å². The molecule has 1 aliphatic heterocycles. The predicted molar refractivity (Wildman–Crippen MR) is 51.1 cm³/mol. The largest absolute Gasteiger partial charge is 0.346 e. The molecule has 1 amide bonds. The molecule has 1 atom stereocenters. The van der Waals surface area contributed by atoms with Gasteiger partial charge in [0.2, 0.25) is 5.91 Å². The van der Waals surface area contributed by atoms with E-state index in [0.717, 1.165) is 13.0 Å². The first kappa shape index (κ1) is 11.4. The molecular weight excluding hydrogens is 152 g/mol. The van der Waals surface area contributed by atoms with Gasteiger partial charge in [-0.2, -0.15) is 0 Å². The molecule has 1 fully saturated rings. The van der Waals surface area contributed by atoms with E-state index in [4.69, 9.17) is 0 Å². The van der Waals surface area contributed by atoms with Crippen LogP contribution in [0.25, 0.3) is 0 Å². The molecule has 0 aromatic heterocycles. The van der Waals surface area contributed by atoms with Crippen molar-refractivity contribution >= 4 is 5.91 Å². The van der Waals surface area contributed by atoms with Gasteiger partial charge in [0.25, 0.3) is 0 Å². The first-order chi connectivity index (χ1) is 5.74. The number of hydrogen-bond acceptors (Lipinski definition) is 2. The second kappa shape index (κ2) is 6.00. The third kappa shape index (κ3) is 3.22. The van der Waals surface area contributed by atoms with Crippen molar-refractivity contribution in [3.05, 3.63) is 0 Å². The van der Waals surface area contributed by atoms with E-state index in [0.29, 0.717) is 12.5 Å². The Morgan fingerprint density at radius 3 is 2.50 bits per heavy atom. The number of hydrogen-bond donors (Lipinski definition) is 1.